The van der Waals surface area contributed by atoms with Crippen LogP contribution in [0, 0.1) is 0 Å². The Hall–Kier alpha value is -0.110. The van der Waals surface area contributed by atoms with Gasteiger partial charge >= 0.3 is 0 Å². The van der Waals surface area contributed by atoms with Crippen LogP contribution in [0.2, 0.25) is 0 Å². The van der Waals surface area contributed by atoms with Gasteiger partial charge in [-0.3, -0.25) is 0 Å². The summed E-state index contributed by atoms with van der Waals surface area (Å²) in [5.41, 5.74) is 0. The highest BCUT2D eigenvalue weighted by atomic mass is 32.2. The summed E-state index contributed by atoms with van der Waals surface area (Å²) in [5, 5.41) is 1.88. The largest absolute Gasteiger partial charge is 0.504 e. The molecule has 0 aliphatic heterocycles. The average Bonchev–Trinajstić information content (AvgIpc) is 1.61. The van der Waals surface area contributed by atoms with Crippen molar-refractivity contribution in [1.29, 1.82) is 0 Å². The molecule has 0 amide bonds. The number of methoxy groups -OCH3 is 1. The van der Waals surface area contributed by atoms with E-state index >= 15 is 0 Å². The lowest BCUT2D eigenvalue weighted by Gasteiger charge is -1.79. The molecule has 0 radical (unpaired) electrons. The van der Waals surface area contributed by atoms with Gasteiger partial charge in [-0.15, -0.1) is 11.8 Å². The fourth-order valence-corrected chi connectivity index (χ4v) is 0.333. The van der Waals surface area contributed by atoms with Gasteiger partial charge in [-0.2, -0.15) is 0 Å². The molecule has 0 bridgehead atoms. The van der Waals surface area contributed by atoms with E-state index in [1.165, 1.54) is 0 Å². The molecule has 0 rings (SSSR count). The maximum atomic E-state index is 4.58. The summed E-state index contributed by atoms with van der Waals surface area (Å²) in [4.78, 5) is 0. The van der Waals surface area contributed by atoms with Crippen molar-refractivity contribution in [3.05, 3.63) is 11.7 Å². The lowest BCUT2D eigenvalue weighted by atomic mass is 11.1. The molecule has 36 valence electrons. The Morgan fingerprint density at radius 1 is 1.67 bits per heavy atom. The van der Waals surface area contributed by atoms with Gasteiger partial charge in [-0.25, -0.2) is 0 Å². The van der Waals surface area contributed by atoms with Crippen LogP contribution >= 0.6 is 11.8 Å². The first-order chi connectivity index (χ1) is 2.91. The minimum atomic E-state index is 1.62. The summed E-state index contributed by atoms with van der Waals surface area (Å²) >= 11 is 1.62. The number of thioether (sulfide) groups is 1. The lowest BCUT2D eigenvalue weighted by molar-refractivity contribution is 0.339. The van der Waals surface area contributed by atoms with E-state index in [0.717, 1.165) is 0 Å². The molecule has 0 aromatic heterocycles. The second-order valence-electron chi connectivity index (χ2n) is 0.744. The van der Waals surface area contributed by atoms with Gasteiger partial charge in [0.05, 0.1) is 13.4 Å². The molecule has 0 spiro atoms. The van der Waals surface area contributed by atoms with Gasteiger partial charge in [-0.1, -0.05) is 0 Å². The van der Waals surface area contributed by atoms with Crippen molar-refractivity contribution in [2.75, 3.05) is 13.4 Å². The smallest absolute Gasteiger partial charge is 0.0887 e. The third-order valence-electron chi connectivity index (χ3n) is 0.328. The molecule has 0 aliphatic carbocycles. The standard InChI is InChI=1S/C4H8OS/c1-5-3-4-6-2/h3-4H,1-2H3. The first kappa shape index (κ1) is 5.89. The highest BCUT2D eigenvalue weighted by Gasteiger charge is 1.58. The fourth-order valence-electron chi connectivity index (χ4n) is 0.111. The molecule has 0 aromatic rings. The Morgan fingerprint density at radius 2 is 2.33 bits per heavy atom. The van der Waals surface area contributed by atoms with Gasteiger partial charge in [-0.05, 0) is 6.26 Å². The van der Waals surface area contributed by atoms with Crippen molar-refractivity contribution >= 4 is 11.8 Å². The van der Waals surface area contributed by atoms with Crippen LogP contribution in [-0.2, 0) is 4.74 Å². The Bertz CT molecular complexity index is 36.8. The summed E-state index contributed by atoms with van der Waals surface area (Å²) in [5.74, 6) is 0. The molecular weight excluding hydrogens is 96.1 g/mol. The van der Waals surface area contributed by atoms with Crippen LogP contribution < -0.4 is 0 Å². The summed E-state index contributed by atoms with van der Waals surface area (Å²) in [6.45, 7) is 0. The van der Waals surface area contributed by atoms with Gasteiger partial charge in [0.25, 0.3) is 0 Å². The van der Waals surface area contributed by atoms with Crippen LogP contribution in [0.15, 0.2) is 11.7 Å². The number of hydrogen-bond acceptors (Lipinski definition) is 2. The average molecular weight is 104 g/mol. The van der Waals surface area contributed by atoms with Crippen molar-refractivity contribution in [3.8, 4) is 0 Å². The Kier molecular flexibility index (Phi) is 4.80. The monoisotopic (exact) mass is 104 g/mol. The Balaban J connectivity index is 2.73. The van der Waals surface area contributed by atoms with Gasteiger partial charge in [0, 0.05) is 5.41 Å². The minimum Gasteiger partial charge on any atom is -0.504 e. The number of rotatable bonds is 2. The summed E-state index contributed by atoms with van der Waals surface area (Å²) < 4.78 is 4.58. The van der Waals surface area contributed by atoms with E-state index in [0.29, 0.717) is 0 Å². The van der Waals surface area contributed by atoms with Crippen LogP contribution in [0.3, 0.4) is 0 Å². The molecule has 6 heavy (non-hydrogen) atoms. The van der Waals surface area contributed by atoms with Crippen molar-refractivity contribution < 1.29 is 4.74 Å². The lowest BCUT2D eigenvalue weighted by Crippen LogP contribution is -1.58. The molecular formula is C4H8OS. The third-order valence-corrected chi connectivity index (χ3v) is 0.711. The molecule has 0 aromatic carbocycles. The van der Waals surface area contributed by atoms with Gasteiger partial charge in [0.2, 0.25) is 0 Å². The maximum Gasteiger partial charge on any atom is 0.0887 e. The molecule has 0 heterocycles. The fraction of sp³-hybridized carbons (Fsp3) is 0.500. The Morgan fingerprint density at radius 3 is 2.50 bits per heavy atom. The second-order valence-corrected chi connectivity index (χ2v) is 1.49. The molecule has 0 saturated heterocycles. The van der Waals surface area contributed by atoms with Crippen LogP contribution in [0.25, 0.3) is 0 Å². The molecule has 1 nitrogen and oxygen atoms in total. The number of hydrogen-bond donors (Lipinski definition) is 0. The molecule has 0 fully saturated rings. The topological polar surface area (TPSA) is 9.23 Å². The Labute approximate surface area is 42.4 Å². The summed E-state index contributed by atoms with van der Waals surface area (Å²) in [7, 11) is 1.63. The second kappa shape index (κ2) is 4.89. The maximum absolute atomic E-state index is 4.58. The molecule has 0 saturated carbocycles. The van der Waals surface area contributed by atoms with E-state index in [2.05, 4.69) is 4.74 Å². The van der Waals surface area contributed by atoms with Gasteiger partial charge < -0.3 is 4.74 Å². The van der Waals surface area contributed by atoms with E-state index in [4.69, 9.17) is 0 Å². The summed E-state index contributed by atoms with van der Waals surface area (Å²) in [6, 6.07) is 0. The van der Waals surface area contributed by atoms with Gasteiger partial charge in [0.1, 0.15) is 0 Å². The first-order valence-electron chi connectivity index (χ1n) is 1.62. The van der Waals surface area contributed by atoms with E-state index in [9.17, 15) is 0 Å². The van der Waals surface area contributed by atoms with Crippen LogP contribution in [0.5, 0.6) is 0 Å². The van der Waals surface area contributed by atoms with Crippen molar-refractivity contribution in [3.63, 3.8) is 0 Å². The normalized spacial score (nSPS) is 9.67. The van der Waals surface area contributed by atoms with E-state index in [-0.39, 0.29) is 0 Å². The first-order valence-corrected chi connectivity index (χ1v) is 2.91. The highest BCUT2D eigenvalue weighted by Crippen LogP contribution is 1.90. The van der Waals surface area contributed by atoms with E-state index in [1.807, 2.05) is 11.7 Å². The van der Waals surface area contributed by atoms with E-state index < -0.39 is 0 Å². The molecule has 0 N–H and O–H groups in total. The van der Waals surface area contributed by atoms with Gasteiger partial charge in [0.15, 0.2) is 0 Å². The highest BCUT2D eigenvalue weighted by molar-refractivity contribution is 8.01. The minimum absolute atomic E-state index is 1.62. The quantitative estimate of drug-likeness (QED) is 0.490. The predicted octanol–water partition coefficient (Wildman–Crippen LogP) is 1.47. The summed E-state index contributed by atoms with van der Waals surface area (Å²) in [6.07, 6.45) is 3.63. The van der Waals surface area contributed by atoms with Crippen molar-refractivity contribution in [1.82, 2.24) is 0 Å². The van der Waals surface area contributed by atoms with Crippen LogP contribution in [-0.4, -0.2) is 13.4 Å². The molecule has 2 heteroatoms. The van der Waals surface area contributed by atoms with Crippen molar-refractivity contribution in [2.24, 2.45) is 0 Å². The molecule has 0 aliphatic rings. The van der Waals surface area contributed by atoms with Crippen LogP contribution in [0.1, 0.15) is 0 Å². The van der Waals surface area contributed by atoms with Crippen LogP contribution in [0.4, 0.5) is 0 Å². The molecule has 0 unspecified atom stereocenters. The zero-order valence-corrected chi connectivity index (χ0v) is 4.79. The van der Waals surface area contributed by atoms with E-state index in [1.54, 1.807) is 25.1 Å². The third kappa shape index (κ3) is 3.89. The SMILES string of the molecule is COC=CSC. The zero-order valence-electron chi connectivity index (χ0n) is 3.97. The molecule has 0 atom stereocenters. The zero-order chi connectivity index (χ0) is 4.83. The number of ether oxygens (including phenoxy) is 1. The van der Waals surface area contributed by atoms with Crippen molar-refractivity contribution in [2.45, 2.75) is 0 Å². The predicted molar refractivity (Wildman–Crippen MR) is 29.7 cm³/mol.